The monoisotopic (exact) mass is 480 g/mol. The highest BCUT2D eigenvalue weighted by molar-refractivity contribution is 14.0. The third-order valence-electron chi connectivity index (χ3n) is 4.18. The van der Waals surface area contributed by atoms with Crippen molar-refractivity contribution in [3.05, 3.63) is 54.6 Å². The van der Waals surface area contributed by atoms with Crippen LogP contribution in [-0.4, -0.2) is 36.4 Å². The minimum Gasteiger partial charge on any atom is -0.457 e. The summed E-state index contributed by atoms with van der Waals surface area (Å²) in [5.41, 5.74) is 6.67. The normalized spacial score (nSPS) is 14.2. The van der Waals surface area contributed by atoms with Crippen molar-refractivity contribution in [2.24, 2.45) is 10.7 Å². The Hall–Kier alpha value is -2.29. The van der Waals surface area contributed by atoms with Crippen LogP contribution < -0.4 is 15.8 Å². The van der Waals surface area contributed by atoms with Gasteiger partial charge in [0.2, 0.25) is 5.91 Å². The Bertz CT molecular complexity index is 762. The van der Waals surface area contributed by atoms with Gasteiger partial charge < -0.3 is 20.7 Å². The summed E-state index contributed by atoms with van der Waals surface area (Å²) in [6.45, 7) is 1.71. The highest BCUT2D eigenvalue weighted by Crippen LogP contribution is 2.23. The average Bonchev–Trinajstić information content (AvgIpc) is 2.68. The van der Waals surface area contributed by atoms with Crippen molar-refractivity contribution >= 4 is 41.5 Å². The Balaban J connectivity index is 0.00000261. The van der Waals surface area contributed by atoms with Gasteiger partial charge in [0, 0.05) is 24.8 Å². The topological polar surface area (TPSA) is 80.0 Å². The Morgan fingerprint density at radius 2 is 1.74 bits per heavy atom. The van der Waals surface area contributed by atoms with E-state index in [4.69, 9.17) is 10.5 Å². The zero-order valence-electron chi connectivity index (χ0n) is 15.1. The smallest absolute Gasteiger partial charge is 0.244 e. The van der Waals surface area contributed by atoms with Gasteiger partial charge in [-0.1, -0.05) is 24.3 Å². The molecular weight excluding hydrogens is 455 g/mol. The molecule has 1 fully saturated rings. The number of hydrogen-bond acceptors (Lipinski definition) is 3. The van der Waals surface area contributed by atoms with Crippen LogP contribution >= 0.6 is 24.0 Å². The number of aliphatic imine (C=N–C) groups is 1. The first-order valence-corrected chi connectivity index (χ1v) is 8.88. The summed E-state index contributed by atoms with van der Waals surface area (Å²) in [6.07, 6.45) is 3.33. The fourth-order valence-corrected chi connectivity index (χ4v) is 2.85. The number of carbonyl (C=O) groups excluding carboxylic acids is 1. The van der Waals surface area contributed by atoms with Crippen LogP contribution in [0.4, 0.5) is 5.69 Å². The van der Waals surface area contributed by atoms with E-state index in [0.29, 0.717) is 5.75 Å². The number of nitrogens with two attached hydrogens (primary N) is 1. The Kier molecular flexibility index (Phi) is 8.38. The van der Waals surface area contributed by atoms with E-state index in [2.05, 4.69) is 10.3 Å². The number of likely N-dealkylation sites (tertiary alicyclic amines) is 1. The van der Waals surface area contributed by atoms with E-state index in [0.717, 1.165) is 37.4 Å². The lowest BCUT2D eigenvalue weighted by Gasteiger charge is -2.26. The predicted molar refractivity (Wildman–Crippen MR) is 119 cm³/mol. The third-order valence-corrected chi connectivity index (χ3v) is 4.18. The van der Waals surface area contributed by atoms with Crippen molar-refractivity contribution in [1.82, 2.24) is 4.90 Å². The second kappa shape index (κ2) is 10.8. The summed E-state index contributed by atoms with van der Waals surface area (Å²) >= 11 is 0. The quantitative estimate of drug-likeness (QED) is 0.387. The molecular formula is C20H25IN4O2. The molecule has 7 heteroatoms. The standard InChI is InChI=1S/C20H24N4O2.HI/c21-20(22-15-19(25)24-12-5-2-6-13-24)23-16-8-7-11-18(14-16)26-17-9-3-1-4-10-17;/h1,3-4,7-11,14H,2,5-6,12-13,15H2,(H3,21,22,23);1H. The van der Waals surface area contributed by atoms with Crippen molar-refractivity contribution in [3.63, 3.8) is 0 Å². The second-order valence-electron chi connectivity index (χ2n) is 6.21. The molecule has 0 saturated carbocycles. The average molecular weight is 480 g/mol. The maximum atomic E-state index is 12.1. The van der Waals surface area contributed by atoms with E-state index in [1.807, 2.05) is 59.5 Å². The van der Waals surface area contributed by atoms with Crippen LogP contribution in [-0.2, 0) is 4.79 Å². The molecule has 1 amide bonds. The molecule has 0 spiro atoms. The number of guanidine groups is 1. The SMILES string of the molecule is I.NC(=NCC(=O)N1CCCCC1)Nc1cccc(Oc2ccccc2)c1. The van der Waals surface area contributed by atoms with Crippen molar-refractivity contribution in [3.8, 4) is 11.5 Å². The lowest BCUT2D eigenvalue weighted by molar-refractivity contribution is -0.130. The van der Waals surface area contributed by atoms with Gasteiger partial charge in [-0.05, 0) is 43.5 Å². The molecule has 0 radical (unpaired) electrons. The van der Waals surface area contributed by atoms with Crippen LogP contribution in [0.1, 0.15) is 19.3 Å². The fourth-order valence-electron chi connectivity index (χ4n) is 2.85. The van der Waals surface area contributed by atoms with Gasteiger partial charge in [-0.15, -0.1) is 24.0 Å². The van der Waals surface area contributed by atoms with Crippen molar-refractivity contribution in [2.75, 3.05) is 25.0 Å². The van der Waals surface area contributed by atoms with Crippen molar-refractivity contribution in [1.29, 1.82) is 0 Å². The third kappa shape index (κ3) is 6.74. The largest absolute Gasteiger partial charge is 0.457 e. The number of amides is 1. The van der Waals surface area contributed by atoms with Crippen LogP contribution in [0.3, 0.4) is 0 Å². The molecule has 1 heterocycles. The van der Waals surface area contributed by atoms with E-state index < -0.39 is 0 Å². The number of ether oxygens (including phenoxy) is 1. The van der Waals surface area contributed by atoms with Gasteiger partial charge in [-0.2, -0.15) is 0 Å². The zero-order chi connectivity index (χ0) is 18.2. The fraction of sp³-hybridized carbons (Fsp3) is 0.300. The summed E-state index contributed by atoms with van der Waals surface area (Å²) in [5.74, 6) is 1.69. The molecule has 6 nitrogen and oxygen atoms in total. The molecule has 0 bridgehead atoms. The molecule has 2 aromatic carbocycles. The Morgan fingerprint density at radius 1 is 1.04 bits per heavy atom. The molecule has 3 rings (SSSR count). The lowest BCUT2D eigenvalue weighted by atomic mass is 10.1. The molecule has 1 aliphatic rings. The second-order valence-corrected chi connectivity index (χ2v) is 6.21. The van der Waals surface area contributed by atoms with Crippen LogP contribution in [0.5, 0.6) is 11.5 Å². The molecule has 0 aromatic heterocycles. The molecule has 1 saturated heterocycles. The summed E-state index contributed by atoms with van der Waals surface area (Å²) in [7, 11) is 0. The predicted octanol–water partition coefficient (Wildman–Crippen LogP) is 3.84. The van der Waals surface area contributed by atoms with E-state index in [-0.39, 0.29) is 42.4 Å². The van der Waals surface area contributed by atoms with Crippen LogP contribution in [0.25, 0.3) is 0 Å². The number of nitrogens with zero attached hydrogens (tertiary/aromatic N) is 2. The lowest BCUT2D eigenvalue weighted by Crippen LogP contribution is -2.37. The number of rotatable bonds is 5. The number of halogens is 1. The maximum absolute atomic E-state index is 12.1. The van der Waals surface area contributed by atoms with Gasteiger partial charge in [0.1, 0.15) is 18.0 Å². The van der Waals surface area contributed by atoms with Crippen molar-refractivity contribution < 1.29 is 9.53 Å². The molecule has 0 atom stereocenters. The van der Waals surface area contributed by atoms with Crippen LogP contribution in [0.2, 0.25) is 0 Å². The first-order chi connectivity index (χ1) is 12.7. The Labute approximate surface area is 176 Å². The minimum absolute atomic E-state index is 0. The number of benzene rings is 2. The van der Waals surface area contributed by atoms with Gasteiger partial charge in [0.15, 0.2) is 5.96 Å². The highest BCUT2D eigenvalue weighted by Gasteiger charge is 2.15. The molecule has 3 N–H and O–H groups in total. The first kappa shape index (κ1) is 21.0. The summed E-state index contributed by atoms with van der Waals surface area (Å²) in [4.78, 5) is 18.1. The van der Waals surface area contributed by atoms with E-state index in [1.54, 1.807) is 0 Å². The molecule has 27 heavy (non-hydrogen) atoms. The van der Waals surface area contributed by atoms with Gasteiger partial charge in [0.25, 0.3) is 0 Å². The van der Waals surface area contributed by atoms with Gasteiger partial charge in [-0.3, -0.25) is 4.79 Å². The molecule has 144 valence electrons. The molecule has 1 aliphatic heterocycles. The van der Waals surface area contributed by atoms with E-state index in [9.17, 15) is 4.79 Å². The van der Waals surface area contributed by atoms with Crippen molar-refractivity contribution in [2.45, 2.75) is 19.3 Å². The molecule has 2 aromatic rings. The Morgan fingerprint density at radius 3 is 2.48 bits per heavy atom. The number of para-hydroxylation sites is 1. The highest BCUT2D eigenvalue weighted by atomic mass is 127. The summed E-state index contributed by atoms with van der Waals surface area (Å²) in [5, 5.41) is 3.00. The number of piperidine rings is 1. The van der Waals surface area contributed by atoms with Gasteiger partial charge >= 0.3 is 0 Å². The zero-order valence-corrected chi connectivity index (χ0v) is 17.5. The van der Waals surface area contributed by atoms with E-state index in [1.165, 1.54) is 6.42 Å². The minimum atomic E-state index is 0. The van der Waals surface area contributed by atoms with Crippen LogP contribution in [0, 0.1) is 0 Å². The summed E-state index contributed by atoms with van der Waals surface area (Å²) < 4.78 is 5.80. The van der Waals surface area contributed by atoms with Crippen LogP contribution in [0.15, 0.2) is 59.6 Å². The van der Waals surface area contributed by atoms with Gasteiger partial charge in [-0.25, -0.2) is 4.99 Å². The summed E-state index contributed by atoms with van der Waals surface area (Å²) in [6, 6.07) is 17.0. The first-order valence-electron chi connectivity index (χ1n) is 8.88. The maximum Gasteiger partial charge on any atom is 0.244 e. The number of nitrogens with one attached hydrogen (secondary N) is 1. The van der Waals surface area contributed by atoms with Gasteiger partial charge in [0.05, 0.1) is 0 Å². The van der Waals surface area contributed by atoms with E-state index >= 15 is 0 Å². The number of anilines is 1. The number of carbonyl (C=O) groups is 1. The number of hydrogen-bond donors (Lipinski definition) is 2. The molecule has 0 aliphatic carbocycles. The molecule has 0 unspecified atom stereocenters.